The van der Waals surface area contributed by atoms with Gasteiger partial charge in [-0.2, -0.15) is 16.2 Å². The van der Waals surface area contributed by atoms with E-state index in [-0.39, 0.29) is 16.5 Å². The lowest BCUT2D eigenvalue weighted by atomic mass is 9.86. The summed E-state index contributed by atoms with van der Waals surface area (Å²) in [7, 11) is 0. The molecule has 3 heteroatoms. The Morgan fingerprint density at radius 2 is 1.88 bits per heavy atom. The molecule has 0 atom stereocenters. The maximum atomic E-state index is 4.72. The third-order valence-corrected chi connectivity index (χ3v) is 3.77. The molecule has 0 spiro atoms. The van der Waals surface area contributed by atoms with Gasteiger partial charge in [-0.15, -0.1) is 0 Å². The van der Waals surface area contributed by atoms with Crippen LogP contribution in [0.25, 0.3) is 10.9 Å². The summed E-state index contributed by atoms with van der Waals surface area (Å²) >= 11 is -0.185. The predicted octanol–water partition coefficient (Wildman–Crippen LogP) is 3.36. The Kier molecular flexibility index (Phi) is 2.74. The first kappa shape index (κ1) is 11.5. The zero-order chi connectivity index (χ0) is 11.9. The quantitative estimate of drug-likeness (QED) is 0.752. The van der Waals surface area contributed by atoms with Crippen molar-refractivity contribution in [3.8, 4) is 0 Å². The van der Waals surface area contributed by atoms with Gasteiger partial charge in [-0.25, -0.2) is 4.09 Å². The van der Waals surface area contributed by atoms with E-state index >= 15 is 0 Å². The van der Waals surface area contributed by atoms with Crippen LogP contribution < -0.4 is 0 Å². The molecule has 0 aliphatic heterocycles. The molecule has 0 amide bonds. The van der Waals surface area contributed by atoms with Crippen molar-refractivity contribution in [2.45, 2.75) is 26.2 Å². The minimum absolute atomic E-state index is 0.156. The van der Waals surface area contributed by atoms with Gasteiger partial charge < -0.3 is 0 Å². The van der Waals surface area contributed by atoms with Crippen LogP contribution in [0, 0.1) is 0 Å². The van der Waals surface area contributed by atoms with Crippen LogP contribution in [0.4, 0.5) is 0 Å². The van der Waals surface area contributed by atoms with Gasteiger partial charge in [0, 0.05) is 11.6 Å². The van der Waals surface area contributed by atoms with Crippen LogP contribution in [-0.2, 0) is 5.41 Å². The van der Waals surface area contributed by atoms with E-state index in [1.807, 2.05) is 0 Å². The molecule has 0 saturated heterocycles. The molecule has 0 bridgehead atoms. The Labute approximate surface area is 100 Å². The van der Waals surface area contributed by atoms with Crippen LogP contribution in [0.5, 0.6) is 0 Å². The second-order valence-corrected chi connectivity index (χ2v) is 7.49. The summed E-state index contributed by atoms with van der Waals surface area (Å²) in [6.07, 6.45) is 6.60. The number of hydrogen-bond donors (Lipinski definition) is 1. The Bertz CT molecular complexity index is 506. The first-order chi connectivity index (χ1) is 7.39. The summed E-state index contributed by atoms with van der Waals surface area (Å²) in [5.41, 5.74) is 2.65. The summed E-state index contributed by atoms with van der Waals surface area (Å²) in [4.78, 5) is 0. The molecule has 0 radical (unpaired) electrons. The number of hydrogen-bond acceptors (Lipinski definition) is 1. The van der Waals surface area contributed by atoms with Crippen LogP contribution in [-0.4, -0.2) is 21.7 Å². The third kappa shape index (κ3) is 1.96. The largest absolute Gasteiger partial charge is 0.236 e. The van der Waals surface area contributed by atoms with Crippen molar-refractivity contribution < 1.29 is 0 Å². The van der Waals surface area contributed by atoms with Crippen LogP contribution in [0.3, 0.4) is 0 Å². The molecular formula is C13H20N2S. The predicted molar refractivity (Wildman–Crippen MR) is 74.7 cm³/mol. The molecule has 0 saturated carbocycles. The van der Waals surface area contributed by atoms with Gasteiger partial charge in [0.25, 0.3) is 0 Å². The van der Waals surface area contributed by atoms with Gasteiger partial charge in [0.05, 0.1) is 5.52 Å². The topological polar surface area (TPSA) is 17.8 Å². The maximum Gasteiger partial charge on any atom is 0.0970 e. The average molecular weight is 236 g/mol. The highest BCUT2D eigenvalue weighted by atomic mass is 32.2. The van der Waals surface area contributed by atoms with E-state index in [1.165, 1.54) is 10.9 Å². The fourth-order valence-corrected chi connectivity index (χ4v) is 2.47. The van der Waals surface area contributed by atoms with Gasteiger partial charge in [0.1, 0.15) is 0 Å². The Morgan fingerprint density at radius 3 is 2.44 bits per heavy atom. The Morgan fingerprint density at radius 1 is 1.19 bits per heavy atom. The van der Waals surface area contributed by atoms with Crippen molar-refractivity contribution in [3.05, 3.63) is 30.0 Å². The van der Waals surface area contributed by atoms with Crippen molar-refractivity contribution >= 4 is 22.0 Å². The van der Waals surface area contributed by atoms with E-state index in [0.29, 0.717) is 0 Å². The van der Waals surface area contributed by atoms with Crippen LogP contribution in [0.2, 0.25) is 0 Å². The number of aromatic nitrogens is 2. The Hall–Kier alpha value is -0.960. The zero-order valence-corrected chi connectivity index (χ0v) is 11.5. The number of fused-ring (bicyclic) bond motifs is 1. The summed E-state index contributed by atoms with van der Waals surface area (Å²) in [5.74, 6) is 0. The van der Waals surface area contributed by atoms with Gasteiger partial charge in [-0.1, -0.05) is 39.0 Å². The highest BCUT2D eigenvalue weighted by molar-refractivity contribution is 8.14. The lowest BCUT2D eigenvalue weighted by Gasteiger charge is -2.19. The van der Waals surface area contributed by atoms with E-state index < -0.39 is 0 Å². The number of nitrogens with zero attached hydrogens (tertiary/aromatic N) is 2. The Balaban J connectivity index is 2.68. The molecule has 1 aromatic carbocycles. The molecule has 0 aliphatic carbocycles. The van der Waals surface area contributed by atoms with E-state index in [2.05, 4.69) is 61.8 Å². The third-order valence-electron chi connectivity index (χ3n) is 2.74. The van der Waals surface area contributed by atoms with Crippen molar-refractivity contribution in [2.75, 3.05) is 12.5 Å². The van der Waals surface area contributed by atoms with Crippen LogP contribution in [0.1, 0.15) is 26.3 Å². The smallest absolute Gasteiger partial charge is 0.0970 e. The van der Waals surface area contributed by atoms with Crippen molar-refractivity contribution in [1.82, 2.24) is 9.19 Å². The van der Waals surface area contributed by atoms with E-state index in [1.54, 1.807) is 0 Å². The monoisotopic (exact) mass is 236 g/mol. The normalized spacial score (nSPS) is 13.2. The fourth-order valence-electron chi connectivity index (χ4n) is 1.84. The average Bonchev–Trinajstić information content (AvgIpc) is 2.58. The van der Waals surface area contributed by atoms with Gasteiger partial charge in [-0.3, -0.25) is 0 Å². The first-order valence-corrected chi connectivity index (χ1v) is 7.75. The molecule has 2 aromatic rings. The summed E-state index contributed by atoms with van der Waals surface area (Å²) in [6.45, 7) is 6.71. The second-order valence-electron chi connectivity index (χ2n) is 5.39. The molecule has 0 fully saturated rings. The molecular weight excluding hydrogens is 216 g/mol. The molecule has 88 valence electrons. The van der Waals surface area contributed by atoms with E-state index in [9.17, 15) is 0 Å². The highest BCUT2D eigenvalue weighted by Gasteiger charge is 2.18. The molecule has 2 rings (SSSR count). The van der Waals surface area contributed by atoms with Gasteiger partial charge >= 0.3 is 0 Å². The summed E-state index contributed by atoms with van der Waals surface area (Å²) < 4.78 is 2.11. The van der Waals surface area contributed by atoms with Crippen molar-refractivity contribution in [1.29, 1.82) is 0 Å². The standard InChI is InChI=1S/C13H20N2S/c1-13(2,3)11-8-6-7-10-9-15(16(4)5)14-12(10)11/h6-9,16H,1-5H3. The van der Waals surface area contributed by atoms with Gasteiger partial charge in [-0.05, 0) is 23.5 Å². The van der Waals surface area contributed by atoms with Crippen molar-refractivity contribution in [2.24, 2.45) is 0 Å². The minimum Gasteiger partial charge on any atom is -0.236 e. The SMILES string of the molecule is C[SH](C)n1cc2cccc(C(C)(C)C)c2n1. The lowest BCUT2D eigenvalue weighted by Crippen LogP contribution is -2.11. The van der Waals surface area contributed by atoms with E-state index in [4.69, 9.17) is 5.10 Å². The van der Waals surface area contributed by atoms with Crippen LogP contribution >= 0.6 is 11.1 Å². The summed E-state index contributed by atoms with van der Waals surface area (Å²) in [6, 6.07) is 6.46. The van der Waals surface area contributed by atoms with Crippen molar-refractivity contribution in [3.63, 3.8) is 0 Å². The number of benzene rings is 1. The highest BCUT2D eigenvalue weighted by Crippen LogP contribution is 2.30. The second kappa shape index (κ2) is 3.81. The summed E-state index contributed by atoms with van der Waals surface area (Å²) in [5, 5.41) is 5.98. The first-order valence-electron chi connectivity index (χ1n) is 5.56. The molecule has 16 heavy (non-hydrogen) atoms. The molecule has 1 aromatic heterocycles. The molecule has 0 aliphatic rings. The van der Waals surface area contributed by atoms with Crippen LogP contribution in [0.15, 0.2) is 24.4 Å². The minimum atomic E-state index is -0.185. The number of thiol groups is 1. The zero-order valence-electron chi connectivity index (χ0n) is 10.7. The van der Waals surface area contributed by atoms with Gasteiger partial charge in [0.2, 0.25) is 0 Å². The fraction of sp³-hybridized carbons (Fsp3) is 0.462. The molecule has 0 unspecified atom stereocenters. The number of rotatable bonds is 1. The molecule has 0 N–H and O–H groups in total. The maximum absolute atomic E-state index is 4.72. The molecule has 2 nitrogen and oxygen atoms in total. The lowest BCUT2D eigenvalue weighted by molar-refractivity contribution is 0.594. The van der Waals surface area contributed by atoms with E-state index in [0.717, 1.165) is 5.52 Å². The van der Waals surface area contributed by atoms with Gasteiger partial charge in [0.15, 0.2) is 0 Å². The molecule has 1 heterocycles.